The highest BCUT2D eigenvalue weighted by molar-refractivity contribution is 6.00. The monoisotopic (exact) mass is 269 g/mol. The Kier molecular flexibility index (Phi) is 3.77. The molecule has 3 N–H and O–H groups in total. The van der Waals surface area contributed by atoms with Crippen molar-refractivity contribution in [3.8, 4) is 0 Å². The molecule has 0 spiro atoms. The van der Waals surface area contributed by atoms with E-state index in [1.807, 2.05) is 18.3 Å². The van der Waals surface area contributed by atoms with E-state index in [4.69, 9.17) is 5.73 Å². The molecule has 1 saturated carbocycles. The molecule has 1 aliphatic carbocycles. The minimum atomic E-state index is 0.576. The summed E-state index contributed by atoms with van der Waals surface area (Å²) in [5, 5.41) is 5.94. The van der Waals surface area contributed by atoms with Crippen LogP contribution in [0.4, 0.5) is 11.4 Å². The Bertz CT molecular complexity index is 594. The zero-order valence-corrected chi connectivity index (χ0v) is 12.1. The smallest absolute Gasteiger partial charge is 0.0439 e. The first-order chi connectivity index (χ1) is 9.74. The van der Waals surface area contributed by atoms with Crippen LogP contribution in [0.1, 0.15) is 39.0 Å². The van der Waals surface area contributed by atoms with Crippen molar-refractivity contribution in [1.82, 2.24) is 4.98 Å². The van der Waals surface area contributed by atoms with Crippen molar-refractivity contribution in [3.05, 3.63) is 30.6 Å². The van der Waals surface area contributed by atoms with E-state index in [-0.39, 0.29) is 0 Å². The second-order valence-corrected chi connectivity index (χ2v) is 6.08. The average Bonchev–Trinajstić information content (AvgIpc) is 2.67. The third-order valence-electron chi connectivity index (χ3n) is 4.47. The summed E-state index contributed by atoms with van der Waals surface area (Å²) in [6.07, 6.45) is 10.2. The minimum absolute atomic E-state index is 0.576. The number of nitrogens with zero attached hydrogens (tertiary/aromatic N) is 1. The van der Waals surface area contributed by atoms with Gasteiger partial charge in [0.15, 0.2) is 0 Å². The second kappa shape index (κ2) is 5.70. The number of benzene rings is 1. The highest BCUT2D eigenvalue weighted by atomic mass is 14.9. The van der Waals surface area contributed by atoms with Gasteiger partial charge in [-0.15, -0.1) is 0 Å². The summed E-state index contributed by atoms with van der Waals surface area (Å²) in [7, 11) is 0. The van der Waals surface area contributed by atoms with Gasteiger partial charge in [-0.05, 0) is 43.4 Å². The van der Waals surface area contributed by atoms with Gasteiger partial charge in [0.25, 0.3) is 0 Å². The van der Waals surface area contributed by atoms with Gasteiger partial charge in [-0.3, -0.25) is 4.98 Å². The number of pyridine rings is 1. The fourth-order valence-corrected chi connectivity index (χ4v) is 3.19. The number of fused-ring (bicyclic) bond motifs is 1. The summed E-state index contributed by atoms with van der Waals surface area (Å²) in [4.78, 5) is 4.24. The van der Waals surface area contributed by atoms with Crippen LogP contribution in [-0.2, 0) is 0 Å². The lowest BCUT2D eigenvalue weighted by Crippen LogP contribution is -2.18. The molecule has 2 atom stereocenters. The molecule has 0 saturated heterocycles. The molecule has 0 radical (unpaired) electrons. The van der Waals surface area contributed by atoms with Crippen molar-refractivity contribution < 1.29 is 0 Å². The Morgan fingerprint density at radius 1 is 1.10 bits per heavy atom. The van der Waals surface area contributed by atoms with Gasteiger partial charge in [-0.25, -0.2) is 0 Å². The molecule has 1 aromatic heterocycles. The largest absolute Gasteiger partial charge is 0.398 e. The molecule has 3 heteroatoms. The van der Waals surface area contributed by atoms with E-state index in [0.717, 1.165) is 22.4 Å². The van der Waals surface area contributed by atoms with E-state index in [1.54, 1.807) is 6.20 Å². The van der Waals surface area contributed by atoms with Crippen molar-refractivity contribution in [2.24, 2.45) is 5.92 Å². The van der Waals surface area contributed by atoms with E-state index in [1.165, 1.54) is 37.8 Å². The molecule has 1 fully saturated rings. The van der Waals surface area contributed by atoms with E-state index >= 15 is 0 Å². The van der Waals surface area contributed by atoms with Crippen LogP contribution in [0.25, 0.3) is 10.8 Å². The van der Waals surface area contributed by atoms with Crippen LogP contribution in [0, 0.1) is 5.92 Å². The van der Waals surface area contributed by atoms with E-state index in [0.29, 0.717) is 6.04 Å². The predicted octanol–water partition coefficient (Wildman–Crippen LogP) is 4.20. The summed E-state index contributed by atoms with van der Waals surface area (Å²) < 4.78 is 0. The summed E-state index contributed by atoms with van der Waals surface area (Å²) in [6.45, 7) is 2.37. The number of rotatable bonds is 2. The molecular formula is C17H23N3. The van der Waals surface area contributed by atoms with Gasteiger partial charge in [-0.1, -0.05) is 19.8 Å². The Morgan fingerprint density at radius 2 is 2.00 bits per heavy atom. The molecule has 20 heavy (non-hydrogen) atoms. The molecule has 2 unspecified atom stereocenters. The van der Waals surface area contributed by atoms with Crippen molar-refractivity contribution in [2.45, 2.75) is 45.1 Å². The normalized spacial score (nSPS) is 23.4. The van der Waals surface area contributed by atoms with Crippen LogP contribution in [0.5, 0.6) is 0 Å². The van der Waals surface area contributed by atoms with Gasteiger partial charge in [0, 0.05) is 40.6 Å². The molecule has 0 bridgehead atoms. The van der Waals surface area contributed by atoms with Crippen LogP contribution in [0.2, 0.25) is 0 Å². The maximum Gasteiger partial charge on any atom is 0.0439 e. The number of nitrogens with two attached hydrogens (primary N) is 1. The third kappa shape index (κ3) is 2.72. The van der Waals surface area contributed by atoms with Gasteiger partial charge < -0.3 is 11.1 Å². The van der Waals surface area contributed by atoms with Crippen LogP contribution >= 0.6 is 0 Å². The highest BCUT2D eigenvalue weighted by Crippen LogP contribution is 2.30. The number of aromatic nitrogens is 1. The number of anilines is 2. The zero-order chi connectivity index (χ0) is 13.9. The Balaban J connectivity index is 1.85. The standard InChI is InChI=1S/C17H23N3/c1-12-3-2-4-13(6-5-12)20-17-8-7-16(18)14-9-10-19-11-15(14)17/h7-13,20H,2-6,18H2,1H3. The predicted molar refractivity (Wildman–Crippen MR) is 85.8 cm³/mol. The lowest BCUT2D eigenvalue weighted by molar-refractivity contribution is 0.502. The van der Waals surface area contributed by atoms with E-state index in [2.05, 4.69) is 23.3 Å². The van der Waals surface area contributed by atoms with Crippen LogP contribution < -0.4 is 11.1 Å². The maximum atomic E-state index is 6.05. The molecule has 106 valence electrons. The van der Waals surface area contributed by atoms with Crippen LogP contribution in [-0.4, -0.2) is 11.0 Å². The Morgan fingerprint density at radius 3 is 2.90 bits per heavy atom. The molecule has 3 nitrogen and oxygen atoms in total. The number of hydrogen-bond acceptors (Lipinski definition) is 3. The molecule has 0 amide bonds. The Labute approximate surface area is 120 Å². The third-order valence-corrected chi connectivity index (χ3v) is 4.47. The van der Waals surface area contributed by atoms with Crippen molar-refractivity contribution in [3.63, 3.8) is 0 Å². The maximum absolute atomic E-state index is 6.05. The number of nitrogen functional groups attached to an aromatic ring is 1. The SMILES string of the molecule is CC1CCCC(Nc2ccc(N)c3ccncc23)CC1. The average molecular weight is 269 g/mol. The molecular weight excluding hydrogens is 246 g/mol. The zero-order valence-electron chi connectivity index (χ0n) is 12.1. The lowest BCUT2D eigenvalue weighted by Gasteiger charge is -2.19. The fourth-order valence-electron chi connectivity index (χ4n) is 3.19. The van der Waals surface area contributed by atoms with Crippen molar-refractivity contribution in [2.75, 3.05) is 11.1 Å². The van der Waals surface area contributed by atoms with Gasteiger partial charge in [0.1, 0.15) is 0 Å². The topological polar surface area (TPSA) is 50.9 Å². The van der Waals surface area contributed by atoms with Crippen LogP contribution in [0.15, 0.2) is 30.6 Å². The summed E-state index contributed by atoms with van der Waals surface area (Å²) >= 11 is 0. The molecule has 1 heterocycles. The van der Waals surface area contributed by atoms with Crippen molar-refractivity contribution >= 4 is 22.1 Å². The first kappa shape index (κ1) is 13.2. The first-order valence-corrected chi connectivity index (χ1v) is 7.63. The van der Waals surface area contributed by atoms with Gasteiger partial charge in [0.2, 0.25) is 0 Å². The molecule has 1 aromatic carbocycles. The fraction of sp³-hybridized carbons (Fsp3) is 0.471. The number of hydrogen-bond donors (Lipinski definition) is 2. The molecule has 1 aliphatic rings. The summed E-state index contributed by atoms with van der Waals surface area (Å²) in [5.41, 5.74) is 8.04. The van der Waals surface area contributed by atoms with Gasteiger partial charge in [-0.2, -0.15) is 0 Å². The van der Waals surface area contributed by atoms with Gasteiger partial charge >= 0.3 is 0 Å². The number of nitrogens with one attached hydrogen (secondary N) is 1. The van der Waals surface area contributed by atoms with E-state index < -0.39 is 0 Å². The van der Waals surface area contributed by atoms with Crippen LogP contribution in [0.3, 0.4) is 0 Å². The Hall–Kier alpha value is -1.77. The van der Waals surface area contributed by atoms with Crippen molar-refractivity contribution in [1.29, 1.82) is 0 Å². The molecule has 0 aliphatic heterocycles. The summed E-state index contributed by atoms with van der Waals surface area (Å²) in [6, 6.07) is 6.65. The molecule has 2 aromatic rings. The quantitative estimate of drug-likeness (QED) is 0.634. The molecule has 3 rings (SSSR count). The van der Waals surface area contributed by atoms with Gasteiger partial charge in [0.05, 0.1) is 0 Å². The summed E-state index contributed by atoms with van der Waals surface area (Å²) in [5.74, 6) is 0.867. The second-order valence-electron chi connectivity index (χ2n) is 6.08. The minimum Gasteiger partial charge on any atom is -0.398 e. The lowest BCUT2D eigenvalue weighted by atomic mass is 10.0. The highest BCUT2D eigenvalue weighted by Gasteiger charge is 2.16. The van der Waals surface area contributed by atoms with E-state index in [9.17, 15) is 0 Å². The first-order valence-electron chi connectivity index (χ1n) is 7.63.